The molecule has 0 saturated carbocycles. The van der Waals surface area contributed by atoms with Crippen LogP contribution in [0.2, 0.25) is 5.15 Å². The standard InChI is InChI=1S/C27H25N3O4S.C19H16ClN3O2S.C19H16IN3O2.C8H9BO2S.Cl3OP.2H2O/c1-4-35(32,33)21-7-5-6-19(13-21)23-16-30(15-18-8-10-20(34-3)11-9-18)27(31)25-24(23)22-12-17(2)14-28-26(22)29-25;1-3-26(24,25)13-6-4-5-12(8-13)15-10-21-18(20)17-16(15)14-7-11(2)9-22-19(14)23-17;1-11-7-14-16-15(20)10-23(9-12-3-5-13(25-2)6-4-12)19(24)17(16)22-18(14)21-8-11;1-2-12(10,11)8-5-3-4-7(9)6-8;1-5(2,3)4;;/h5-14,16H,4,15H2,1-3H3,(H,28,29);4-10H,3H2,1-2H3,(H,22,23);3-8,10H,9H2,1-2H3,(H,21,22);3-6H,2H2,1H3;;2*1H2. The van der Waals surface area contributed by atoms with Crippen molar-refractivity contribution in [1.82, 2.24) is 44.0 Å². The highest BCUT2D eigenvalue weighted by Crippen LogP contribution is 2.61. The lowest BCUT2D eigenvalue weighted by Crippen LogP contribution is -2.21. The number of aromatic nitrogens is 9. The highest BCUT2D eigenvalue weighted by Gasteiger charge is 2.22. The zero-order chi connectivity index (χ0) is 74.5. The van der Waals surface area contributed by atoms with Crippen molar-refractivity contribution in [3.63, 3.8) is 0 Å². The molecule has 105 heavy (non-hydrogen) atoms. The maximum Gasteiger partial charge on any atom is 0.339 e. The molecule has 7 N–H and O–H groups in total. The molecule has 14 aromatic rings. The number of nitrogens with one attached hydrogen (secondary N) is 3. The number of methoxy groups -OCH3 is 2. The van der Waals surface area contributed by atoms with Crippen molar-refractivity contribution in [2.75, 3.05) is 31.5 Å². The number of sulfone groups is 3. The Balaban J connectivity index is 0.000000180. The number of hydrogen-bond donors (Lipinski definition) is 3. The fraction of sp³-hybridized carbons (Fsp3) is 0.178. The highest BCUT2D eigenvalue weighted by atomic mass is 127. The van der Waals surface area contributed by atoms with Crippen molar-refractivity contribution in [3.8, 4) is 33.8 Å². The molecule has 0 atom stereocenters. The molecule has 9 aromatic heterocycles. The Morgan fingerprint density at radius 2 is 0.857 bits per heavy atom. The smallest absolute Gasteiger partial charge is 0.339 e. The number of nitrogens with zero attached hydrogens (tertiary/aromatic N) is 6. The molecule has 0 amide bonds. The minimum Gasteiger partial charge on any atom is -0.497 e. The number of fused-ring (bicyclic) bond motifs is 9. The van der Waals surface area contributed by atoms with Crippen LogP contribution in [0.1, 0.15) is 48.6 Å². The maximum absolute atomic E-state index is 13.5. The van der Waals surface area contributed by atoms with Gasteiger partial charge in [-0.3, -0.25) is 14.2 Å². The second kappa shape index (κ2) is 34.4. The van der Waals surface area contributed by atoms with Gasteiger partial charge in [0.1, 0.15) is 47.3 Å². The first-order valence-corrected chi connectivity index (χ1v) is 42.5. The number of aryl methyl sites for hydroxylation is 3. The predicted molar refractivity (Wildman–Crippen MR) is 432 cm³/mol. The Hall–Kier alpha value is -8.45. The molecule has 32 heteroatoms. The van der Waals surface area contributed by atoms with Crippen molar-refractivity contribution in [2.45, 2.75) is 69.3 Å². The third kappa shape index (κ3) is 19.2. The zero-order valence-electron chi connectivity index (χ0n) is 57.6. The molecule has 0 aliphatic heterocycles. The van der Waals surface area contributed by atoms with Gasteiger partial charge < -0.3 is 44.5 Å². The molecule has 0 bridgehead atoms. The first-order valence-electron chi connectivity index (χ1n) is 31.6. The molecular weight excluding hydrogens is 1620 g/mol. The molecule has 22 nitrogen and oxygen atoms in total. The summed E-state index contributed by atoms with van der Waals surface area (Å²) in [5.74, 6) is 1.72. The van der Waals surface area contributed by atoms with Crippen molar-refractivity contribution in [2.24, 2.45) is 0 Å². The number of hydrogen-bond acceptors (Lipinski definition) is 15. The molecule has 2 radical (unpaired) electrons. The number of H-pyrrole nitrogens is 3. The topological polar surface area (TPSA) is 344 Å². The lowest BCUT2D eigenvalue weighted by atomic mass is 9.97. The average Bonchev–Trinajstić information content (AvgIpc) is 1.62. The summed E-state index contributed by atoms with van der Waals surface area (Å²) >= 11 is 22.4. The van der Waals surface area contributed by atoms with Gasteiger partial charge in [-0.2, -0.15) is 0 Å². The van der Waals surface area contributed by atoms with Crippen LogP contribution < -0.4 is 26.1 Å². The van der Waals surface area contributed by atoms with E-state index < -0.39 is 34.7 Å². The van der Waals surface area contributed by atoms with Crippen molar-refractivity contribution >= 4 is 182 Å². The largest absolute Gasteiger partial charge is 0.497 e. The van der Waals surface area contributed by atoms with Gasteiger partial charge in [-0.1, -0.05) is 105 Å². The van der Waals surface area contributed by atoms with E-state index in [9.17, 15) is 39.4 Å². The first-order chi connectivity index (χ1) is 48.8. The van der Waals surface area contributed by atoms with Crippen LogP contribution in [0.4, 0.5) is 0 Å². The molecule has 0 spiro atoms. The van der Waals surface area contributed by atoms with E-state index in [1.807, 2.05) is 106 Å². The average molecular weight is 1690 g/mol. The van der Waals surface area contributed by atoms with E-state index in [4.69, 9.17) is 28.9 Å². The van der Waals surface area contributed by atoms with E-state index in [1.54, 1.807) is 124 Å². The first kappa shape index (κ1) is 82.2. The van der Waals surface area contributed by atoms with E-state index >= 15 is 0 Å². The maximum atomic E-state index is 13.5. The van der Waals surface area contributed by atoms with Gasteiger partial charge in [0.2, 0.25) is 0 Å². The summed E-state index contributed by atoms with van der Waals surface area (Å²) in [6, 6.07) is 41.5. The molecule has 0 saturated heterocycles. The van der Waals surface area contributed by atoms with Crippen molar-refractivity contribution in [1.29, 1.82) is 0 Å². The van der Waals surface area contributed by atoms with Gasteiger partial charge in [-0.25, -0.2) is 45.2 Å². The Bertz CT molecular complexity index is 6090. The lowest BCUT2D eigenvalue weighted by molar-refractivity contribution is 0.414. The highest BCUT2D eigenvalue weighted by molar-refractivity contribution is 14.1. The Morgan fingerprint density at radius 3 is 1.27 bits per heavy atom. The summed E-state index contributed by atoms with van der Waals surface area (Å²) in [6.45, 7) is 11.7. The molecule has 5 aromatic carbocycles. The SMILES string of the molecule is CCS(=O)(=O)c1cccc(-c2cn(Cc3ccc(OC)cc3)c(=O)c3[nH]c4ncc(C)cc4c23)c1.CCS(=O)(=O)c1cccc(-c2cnc(Cl)c3[nH]c4ncc(C)cc4c23)c1.COc1ccc(Cn2cc(I)c3c([nH]c4ncc(C)cc43)c2=O)cc1.O.O.O=P(Cl)(Cl)Cl.[B]c1cccc(S(=O)(=O)CC)c1. The van der Waals surface area contributed by atoms with Crippen LogP contribution in [0.15, 0.2) is 201 Å². The number of ether oxygens (including phenoxy) is 2. The van der Waals surface area contributed by atoms with Gasteiger partial charge in [0.15, 0.2) is 34.7 Å². The monoisotopic (exact) mass is 1690 g/mol. The Kier molecular flexibility index (Phi) is 26.9. The minimum absolute atomic E-state index is 0. The summed E-state index contributed by atoms with van der Waals surface area (Å²) in [7, 11) is -1.09. The van der Waals surface area contributed by atoms with E-state index in [1.165, 1.54) is 6.07 Å². The molecule has 0 fully saturated rings. The Morgan fingerprint density at radius 1 is 0.495 bits per heavy atom. The van der Waals surface area contributed by atoms with Gasteiger partial charge in [-0.05, 0) is 189 Å². The van der Waals surface area contributed by atoms with Crippen LogP contribution in [0.5, 0.6) is 11.5 Å². The van der Waals surface area contributed by atoms with Gasteiger partial charge >= 0.3 is 5.20 Å². The van der Waals surface area contributed by atoms with Crippen molar-refractivity contribution < 1.29 is 50.2 Å². The van der Waals surface area contributed by atoms with Crippen LogP contribution in [-0.2, 0) is 47.2 Å². The minimum atomic E-state index is -3.39. The molecule has 0 aliphatic carbocycles. The molecule has 0 unspecified atom stereocenters. The third-order valence-electron chi connectivity index (χ3n) is 16.5. The molecule has 546 valence electrons. The second-order valence-corrected chi connectivity index (χ2v) is 38.6. The summed E-state index contributed by atoms with van der Waals surface area (Å²) in [5, 5.41) is 2.46. The van der Waals surface area contributed by atoms with Gasteiger partial charge in [0.05, 0.1) is 64.8 Å². The van der Waals surface area contributed by atoms with E-state index in [-0.39, 0.29) is 44.2 Å². The Labute approximate surface area is 639 Å². The fourth-order valence-electron chi connectivity index (χ4n) is 11.3. The van der Waals surface area contributed by atoms with E-state index in [0.29, 0.717) is 55.7 Å². The summed E-state index contributed by atoms with van der Waals surface area (Å²) in [4.78, 5) is 54.5. The molecule has 14 rings (SSSR count). The lowest BCUT2D eigenvalue weighted by Gasteiger charge is -2.13. The van der Waals surface area contributed by atoms with Crippen molar-refractivity contribution in [3.05, 3.63) is 234 Å². The van der Waals surface area contributed by atoms with E-state index in [0.717, 1.165) is 109 Å². The van der Waals surface area contributed by atoms with Crippen LogP contribution in [0.3, 0.4) is 0 Å². The number of pyridine rings is 6. The number of halogens is 5. The second-order valence-electron chi connectivity index (χ2n) is 23.6. The van der Waals surface area contributed by atoms with Crippen LogP contribution >= 0.6 is 73.1 Å². The quantitative estimate of drug-likeness (QED) is 0.0394. The normalized spacial score (nSPS) is 11.5. The van der Waals surface area contributed by atoms with Crippen LogP contribution in [-0.4, -0.2) is 120 Å². The fourth-order valence-corrected chi connectivity index (χ4v) is 15.2. The van der Waals surface area contributed by atoms with Crippen LogP contribution in [0.25, 0.3) is 88.1 Å². The third-order valence-corrected chi connectivity index (χ3v) is 22.8. The molecule has 0 aliphatic rings. The summed E-state index contributed by atoms with van der Waals surface area (Å²) in [6.07, 6.45) is 10.7. The molecule has 9 heterocycles. The number of rotatable bonds is 14. The van der Waals surface area contributed by atoms with Crippen LogP contribution in [0, 0.1) is 24.3 Å². The van der Waals surface area contributed by atoms with Gasteiger partial charge in [0, 0.05) is 84.2 Å². The molecular formula is C73H70BCl4IN9O13PS3. The van der Waals surface area contributed by atoms with Gasteiger partial charge in [-0.15, -0.1) is 0 Å². The zero-order valence-corrected chi connectivity index (χ0v) is 66.1. The van der Waals surface area contributed by atoms with Gasteiger partial charge in [0.25, 0.3) is 11.1 Å². The number of aromatic amines is 3. The van der Waals surface area contributed by atoms with E-state index in [2.05, 4.69) is 97.3 Å². The summed E-state index contributed by atoms with van der Waals surface area (Å²) < 4.78 is 96.6. The summed E-state index contributed by atoms with van der Waals surface area (Å²) in [5.41, 5.74) is 12.2. The number of benzene rings is 5. The predicted octanol–water partition coefficient (Wildman–Crippen LogP) is 14.5.